The van der Waals surface area contributed by atoms with Gasteiger partial charge in [0.2, 0.25) is 0 Å². The minimum atomic E-state index is -1.27. The maximum absolute atomic E-state index is 10.6. The van der Waals surface area contributed by atoms with Gasteiger partial charge in [0.25, 0.3) is 6.04 Å². The van der Waals surface area contributed by atoms with Crippen LogP contribution in [0.25, 0.3) is 0 Å². The number of aliphatic hydroxyl groups excluding tert-OH is 1. The Hall–Kier alpha value is -0.840. The monoisotopic (exact) mass is 235 g/mol. The number of rotatable bonds is 3. The lowest BCUT2D eigenvalue weighted by Gasteiger charge is -2.09. The van der Waals surface area contributed by atoms with Gasteiger partial charge in [-0.05, 0) is 12.1 Å². The third-order valence-electron chi connectivity index (χ3n) is 1.76. The van der Waals surface area contributed by atoms with Crippen molar-refractivity contribution < 1.29 is 10.0 Å². The molecule has 0 bridgehead atoms. The standard InChI is InChI=1S/C8H7Cl2NO3/c9-5-2-1-3-6(10)8(5)7(4-12)11(13)14/h1-3,7,12H,4H2. The smallest absolute Gasteiger partial charge is 0.263 e. The highest BCUT2D eigenvalue weighted by molar-refractivity contribution is 6.36. The highest BCUT2D eigenvalue weighted by Crippen LogP contribution is 2.31. The number of halogens is 2. The van der Waals surface area contributed by atoms with Crippen molar-refractivity contribution in [1.82, 2.24) is 0 Å². The lowest BCUT2D eigenvalue weighted by Crippen LogP contribution is -2.15. The van der Waals surface area contributed by atoms with Crippen LogP contribution in [0, 0.1) is 10.1 Å². The third-order valence-corrected chi connectivity index (χ3v) is 2.42. The second kappa shape index (κ2) is 4.59. The second-order valence-corrected chi connectivity index (χ2v) is 3.43. The zero-order valence-corrected chi connectivity index (χ0v) is 8.50. The van der Waals surface area contributed by atoms with Crippen molar-refractivity contribution in [1.29, 1.82) is 0 Å². The van der Waals surface area contributed by atoms with E-state index >= 15 is 0 Å². The highest BCUT2D eigenvalue weighted by atomic mass is 35.5. The Morgan fingerprint density at radius 3 is 2.29 bits per heavy atom. The molecule has 0 fully saturated rings. The van der Waals surface area contributed by atoms with Crippen LogP contribution in [0.3, 0.4) is 0 Å². The third kappa shape index (κ3) is 2.15. The molecule has 6 heteroatoms. The summed E-state index contributed by atoms with van der Waals surface area (Å²) in [5.41, 5.74) is 0.156. The Labute approximate surface area is 90.2 Å². The van der Waals surface area contributed by atoms with E-state index in [0.717, 1.165) is 0 Å². The van der Waals surface area contributed by atoms with E-state index in [9.17, 15) is 10.1 Å². The molecule has 0 aliphatic rings. The van der Waals surface area contributed by atoms with E-state index in [-0.39, 0.29) is 15.6 Å². The molecule has 1 rings (SSSR count). The predicted octanol–water partition coefficient (Wildman–Crippen LogP) is 2.30. The maximum atomic E-state index is 10.6. The number of nitrogens with zero attached hydrogens (tertiary/aromatic N) is 1. The van der Waals surface area contributed by atoms with E-state index in [2.05, 4.69) is 0 Å². The first-order valence-corrected chi connectivity index (χ1v) is 4.51. The molecule has 0 heterocycles. The number of hydrogen-bond acceptors (Lipinski definition) is 3. The number of aliphatic hydroxyl groups is 1. The summed E-state index contributed by atoms with van der Waals surface area (Å²) in [6.45, 7) is -0.629. The Bertz CT molecular complexity index is 336. The van der Waals surface area contributed by atoms with E-state index in [4.69, 9.17) is 28.3 Å². The molecule has 14 heavy (non-hydrogen) atoms. The Kier molecular flexibility index (Phi) is 3.69. The highest BCUT2D eigenvalue weighted by Gasteiger charge is 2.26. The van der Waals surface area contributed by atoms with Crippen LogP contribution in [0.4, 0.5) is 0 Å². The fourth-order valence-corrected chi connectivity index (χ4v) is 1.74. The van der Waals surface area contributed by atoms with Crippen LogP contribution in [0.2, 0.25) is 10.0 Å². The molecule has 0 saturated heterocycles. The number of benzene rings is 1. The van der Waals surface area contributed by atoms with Crippen molar-refractivity contribution in [3.63, 3.8) is 0 Å². The molecule has 0 aliphatic heterocycles. The Morgan fingerprint density at radius 2 is 1.93 bits per heavy atom. The number of nitro groups is 1. The summed E-state index contributed by atoms with van der Waals surface area (Å²) in [6, 6.07) is 3.31. The second-order valence-electron chi connectivity index (χ2n) is 2.62. The zero-order chi connectivity index (χ0) is 10.7. The van der Waals surface area contributed by atoms with E-state index in [0.29, 0.717) is 0 Å². The molecular weight excluding hydrogens is 229 g/mol. The molecular formula is C8H7Cl2NO3. The van der Waals surface area contributed by atoms with Crippen LogP contribution in [0.15, 0.2) is 18.2 Å². The molecule has 1 N–H and O–H groups in total. The molecule has 76 valence electrons. The molecule has 1 atom stereocenters. The molecule has 0 aliphatic carbocycles. The van der Waals surface area contributed by atoms with E-state index in [1.807, 2.05) is 0 Å². The first-order chi connectivity index (χ1) is 6.57. The van der Waals surface area contributed by atoms with Gasteiger partial charge in [0.1, 0.15) is 6.61 Å². The Balaban J connectivity index is 3.22. The van der Waals surface area contributed by atoms with Gasteiger partial charge in [-0.3, -0.25) is 10.1 Å². The van der Waals surface area contributed by atoms with Crippen LogP contribution in [0.5, 0.6) is 0 Å². The van der Waals surface area contributed by atoms with Crippen LogP contribution in [-0.2, 0) is 0 Å². The summed E-state index contributed by atoms with van der Waals surface area (Å²) in [5, 5.41) is 19.8. The molecule has 1 aromatic rings. The normalized spacial score (nSPS) is 12.5. The van der Waals surface area contributed by atoms with Crippen molar-refractivity contribution in [2.45, 2.75) is 6.04 Å². The van der Waals surface area contributed by atoms with Crippen molar-refractivity contribution in [2.75, 3.05) is 6.61 Å². The Morgan fingerprint density at radius 1 is 1.43 bits per heavy atom. The lowest BCUT2D eigenvalue weighted by atomic mass is 10.1. The van der Waals surface area contributed by atoms with Crippen LogP contribution >= 0.6 is 23.2 Å². The van der Waals surface area contributed by atoms with Crippen molar-refractivity contribution in [3.05, 3.63) is 43.9 Å². The first kappa shape index (κ1) is 11.2. The minimum Gasteiger partial charge on any atom is -0.389 e. The van der Waals surface area contributed by atoms with Gasteiger partial charge in [0, 0.05) is 4.92 Å². The number of hydrogen-bond donors (Lipinski definition) is 1. The van der Waals surface area contributed by atoms with Gasteiger partial charge >= 0.3 is 0 Å². The van der Waals surface area contributed by atoms with Gasteiger partial charge in [-0.1, -0.05) is 29.3 Å². The van der Waals surface area contributed by atoms with Crippen LogP contribution in [-0.4, -0.2) is 16.6 Å². The molecule has 1 aromatic carbocycles. The zero-order valence-electron chi connectivity index (χ0n) is 6.98. The van der Waals surface area contributed by atoms with Gasteiger partial charge in [0.15, 0.2) is 0 Å². The molecule has 0 saturated carbocycles. The molecule has 1 unspecified atom stereocenters. The van der Waals surface area contributed by atoms with Crippen molar-refractivity contribution in [3.8, 4) is 0 Å². The quantitative estimate of drug-likeness (QED) is 0.646. The average Bonchev–Trinajstić information content (AvgIpc) is 2.10. The lowest BCUT2D eigenvalue weighted by molar-refractivity contribution is -0.532. The minimum absolute atomic E-state index is 0.156. The summed E-state index contributed by atoms with van der Waals surface area (Å²) in [6.07, 6.45) is 0. The van der Waals surface area contributed by atoms with Crippen LogP contribution < -0.4 is 0 Å². The molecule has 0 radical (unpaired) electrons. The van der Waals surface area contributed by atoms with Gasteiger partial charge in [0.05, 0.1) is 15.6 Å². The largest absolute Gasteiger partial charge is 0.389 e. The van der Waals surface area contributed by atoms with Crippen molar-refractivity contribution >= 4 is 23.2 Å². The predicted molar refractivity (Wildman–Crippen MR) is 53.3 cm³/mol. The van der Waals surface area contributed by atoms with Crippen LogP contribution in [0.1, 0.15) is 11.6 Å². The SMILES string of the molecule is O=[N+]([O-])C(CO)c1c(Cl)cccc1Cl. The molecule has 0 aromatic heterocycles. The fraction of sp³-hybridized carbons (Fsp3) is 0.250. The summed E-state index contributed by atoms with van der Waals surface area (Å²) < 4.78 is 0. The average molecular weight is 236 g/mol. The van der Waals surface area contributed by atoms with Gasteiger partial charge in [-0.25, -0.2) is 0 Å². The summed E-state index contributed by atoms with van der Waals surface area (Å²) in [7, 11) is 0. The van der Waals surface area contributed by atoms with E-state index in [1.165, 1.54) is 12.1 Å². The van der Waals surface area contributed by atoms with Crippen molar-refractivity contribution in [2.24, 2.45) is 0 Å². The van der Waals surface area contributed by atoms with E-state index in [1.54, 1.807) is 6.07 Å². The van der Waals surface area contributed by atoms with E-state index < -0.39 is 17.6 Å². The molecule has 4 nitrogen and oxygen atoms in total. The maximum Gasteiger partial charge on any atom is 0.263 e. The summed E-state index contributed by atoms with van der Waals surface area (Å²) in [5.74, 6) is 0. The summed E-state index contributed by atoms with van der Waals surface area (Å²) >= 11 is 11.5. The van der Waals surface area contributed by atoms with Gasteiger partial charge in [-0.15, -0.1) is 0 Å². The van der Waals surface area contributed by atoms with Gasteiger partial charge < -0.3 is 5.11 Å². The molecule has 0 spiro atoms. The molecule has 0 amide bonds. The van der Waals surface area contributed by atoms with Gasteiger partial charge in [-0.2, -0.15) is 0 Å². The topological polar surface area (TPSA) is 63.4 Å². The summed E-state index contributed by atoms with van der Waals surface area (Å²) in [4.78, 5) is 9.95. The first-order valence-electron chi connectivity index (χ1n) is 3.76. The fourth-order valence-electron chi connectivity index (χ4n) is 1.09.